The van der Waals surface area contributed by atoms with Crippen LogP contribution >= 0.6 is 0 Å². The third-order valence-corrected chi connectivity index (χ3v) is 7.78. The average Bonchev–Trinajstić information content (AvgIpc) is 3.25. The summed E-state index contributed by atoms with van der Waals surface area (Å²) in [5.74, 6) is 2.97. The van der Waals surface area contributed by atoms with Crippen molar-refractivity contribution in [3.8, 4) is 23.2 Å². The largest absolute Gasteiger partial charge is 0.460 e. The Morgan fingerprint density at radius 2 is 2.11 bits per heavy atom. The predicted octanol–water partition coefficient (Wildman–Crippen LogP) is 2.52. The highest BCUT2D eigenvalue weighted by atomic mass is 19.1. The zero-order valence-corrected chi connectivity index (χ0v) is 20.4. The topological polar surface area (TPSA) is 111 Å². The predicted molar refractivity (Wildman–Crippen MR) is 132 cm³/mol. The minimum absolute atomic E-state index is 0.0703. The molecule has 6 rings (SSSR count). The fourth-order valence-electron chi connectivity index (χ4n) is 6.04. The van der Waals surface area contributed by atoms with Crippen molar-refractivity contribution >= 4 is 22.8 Å². The van der Waals surface area contributed by atoms with Gasteiger partial charge in [0.25, 0.3) is 11.5 Å². The van der Waals surface area contributed by atoms with Crippen molar-refractivity contribution in [1.82, 2.24) is 14.9 Å². The van der Waals surface area contributed by atoms with Crippen LogP contribution in [0.4, 0.5) is 4.39 Å². The van der Waals surface area contributed by atoms with Crippen LogP contribution in [-0.2, 0) is 33.9 Å². The van der Waals surface area contributed by atoms with Gasteiger partial charge in [0.2, 0.25) is 0 Å². The number of benzene rings is 1. The number of aryl methyl sites for hydroxylation is 1. The number of pyridine rings is 2. The van der Waals surface area contributed by atoms with Crippen molar-refractivity contribution in [1.29, 1.82) is 0 Å². The van der Waals surface area contributed by atoms with E-state index in [4.69, 9.17) is 14.8 Å². The molecule has 8 nitrogen and oxygen atoms in total. The van der Waals surface area contributed by atoms with Crippen LogP contribution in [0.15, 0.2) is 16.9 Å². The van der Waals surface area contributed by atoms with Gasteiger partial charge in [-0.1, -0.05) is 12.8 Å². The molecule has 0 bridgehead atoms. The summed E-state index contributed by atoms with van der Waals surface area (Å²) >= 11 is 0. The number of rotatable bonds is 2. The van der Waals surface area contributed by atoms with E-state index in [0.29, 0.717) is 52.9 Å². The standard InChI is InChI=1S/C28H24FN3O5/c1-3-14-16-9-22-26-17(11-32(22)27(35)18(16)12-37-28(14)36)25-20(30-23(34)5-4-8-33)7-6-15-13(2)19(29)10-21(31-26)24(15)25/h9-10,14,20,33H,3,6-8,11-12H2,1-2H3,(H,30,34). The Morgan fingerprint density at radius 3 is 2.86 bits per heavy atom. The van der Waals surface area contributed by atoms with Crippen LogP contribution < -0.4 is 10.9 Å². The minimum atomic E-state index is -0.533. The molecule has 2 aromatic heterocycles. The lowest BCUT2D eigenvalue weighted by Crippen LogP contribution is -2.32. The molecule has 0 spiro atoms. The number of fused-ring (bicyclic) bond motifs is 5. The molecule has 1 aromatic carbocycles. The molecule has 1 amide bonds. The maximum Gasteiger partial charge on any atom is 0.313 e. The highest BCUT2D eigenvalue weighted by Crippen LogP contribution is 2.45. The minimum Gasteiger partial charge on any atom is -0.460 e. The highest BCUT2D eigenvalue weighted by molar-refractivity contribution is 5.96. The lowest BCUT2D eigenvalue weighted by Gasteiger charge is -2.29. The van der Waals surface area contributed by atoms with Gasteiger partial charge in [-0.25, -0.2) is 9.37 Å². The molecule has 0 fully saturated rings. The van der Waals surface area contributed by atoms with E-state index in [-0.39, 0.29) is 30.5 Å². The van der Waals surface area contributed by atoms with Gasteiger partial charge in [-0.05, 0) is 60.4 Å². The number of nitrogens with zero attached hydrogens (tertiary/aromatic N) is 2. The molecule has 37 heavy (non-hydrogen) atoms. The number of amides is 1. The maximum atomic E-state index is 14.9. The van der Waals surface area contributed by atoms with Gasteiger partial charge in [0, 0.05) is 17.0 Å². The Morgan fingerprint density at radius 1 is 1.30 bits per heavy atom. The molecular weight excluding hydrogens is 477 g/mol. The zero-order chi connectivity index (χ0) is 26.0. The third kappa shape index (κ3) is 3.39. The van der Waals surface area contributed by atoms with Gasteiger partial charge in [0.05, 0.1) is 41.0 Å². The SMILES string of the molecule is CCC1C(=O)OCc2c1cc1n(c2=O)Cc2c-1nc1cc(F)c(C)c3c1c2C(NC(=O)C#CCO)CC3. The van der Waals surface area contributed by atoms with Crippen LogP contribution in [0.5, 0.6) is 0 Å². The Kier molecular flexibility index (Phi) is 5.39. The molecule has 2 aliphatic heterocycles. The fraction of sp³-hybridized carbons (Fsp3) is 0.357. The van der Waals surface area contributed by atoms with E-state index < -0.39 is 24.5 Å². The lowest BCUT2D eigenvalue weighted by atomic mass is 9.81. The van der Waals surface area contributed by atoms with Crippen LogP contribution in [0.3, 0.4) is 0 Å². The number of aliphatic hydroxyl groups excluding tert-OH is 1. The maximum absolute atomic E-state index is 14.9. The molecule has 1 aliphatic carbocycles. The number of cyclic esters (lactones) is 1. The molecule has 4 heterocycles. The van der Waals surface area contributed by atoms with Gasteiger partial charge in [-0.3, -0.25) is 14.4 Å². The van der Waals surface area contributed by atoms with Gasteiger partial charge in [0.1, 0.15) is 19.0 Å². The van der Waals surface area contributed by atoms with Crippen molar-refractivity contribution in [2.24, 2.45) is 0 Å². The Balaban J connectivity index is 1.61. The number of aromatic nitrogens is 2. The lowest BCUT2D eigenvalue weighted by molar-refractivity contribution is -0.148. The quantitative estimate of drug-likeness (QED) is 0.323. The molecule has 2 N–H and O–H groups in total. The summed E-state index contributed by atoms with van der Waals surface area (Å²) in [4.78, 5) is 43.3. The van der Waals surface area contributed by atoms with Crippen LogP contribution in [0.25, 0.3) is 22.3 Å². The number of nitrogens with one attached hydrogen (secondary N) is 1. The van der Waals surface area contributed by atoms with Crippen molar-refractivity contribution in [3.63, 3.8) is 0 Å². The van der Waals surface area contributed by atoms with E-state index in [0.717, 1.165) is 22.1 Å². The normalized spacial score (nSPS) is 18.9. The zero-order valence-electron chi connectivity index (χ0n) is 20.4. The summed E-state index contributed by atoms with van der Waals surface area (Å²) in [6, 6.07) is 2.82. The third-order valence-electron chi connectivity index (χ3n) is 7.78. The Labute approximate surface area is 211 Å². The van der Waals surface area contributed by atoms with Gasteiger partial charge >= 0.3 is 5.97 Å². The summed E-state index contributed by atoms with van der Waals surface area (Å²) < 4.78 is 21.8. The van der Waals surface area contributed by atoms with E-state index in [9.17, 15) is 18.8 Å². The average molecular weight is 502 g/mol. The monoisotopic (exact) mass is 501 g/mol. The number of hydrogen-bond donors (Lipinski definition) is 2. The number of halogens is 1. The van der Waals surface area contributed by atoms with Crippen molar-refractivity contribution < 1.29 is 23.8 Å². The Hall–Kier alpha value is -4.03. The highest BCUT2D eigenvalue weighted by Gasteiger charge is 2.37. The number of carbonyl (C=O) groups is 2. The van der Waals surface area contributed by atoms with Crippen LogP contribution in [0.2, 0.25) is 0 Å². The van der Waals surface area contributed by atoms with E-state index in [2.05, 4.69) is 17.2 Å². The summed E-state index contributed by atoms with van der Waals surface area (Å²) in [7, 11) is 0. The number of hydrogen-bond acceptors (Lipinski definition) is 6. The van der Waals surface area contributed by atoms with Crippen molar-refractivity contribution in [2.45, 2.75) is 58.2 Å². The van der Waals surface area contributed by atoms with Gasteiger partial charge < -0.3 is 19.7 Å². The first-order chi connectivity index (χ1) is 17.8. The second-order valence-corrected chi connectivity index (χ2v) is 9.66. The summed E-state index contributed by atoms with van der Waals surface area (Å²) in [6.07, 6.45) is 1.57. The van der Waals surface area contributed by atoms with Gasteiger partial charge in [-0.15, -0.1) is 0 Å². The molecule has 2 atom stereocenters. The van der Waals surface area contributed by atoms with Gasteiger partial charge in [-0.2, -0.15) is 0 Å². The van der Waals surface area contributed by atoms with Gasteiger partial charge in [0.15, 0.2) is 0 Å². The molecule has 188 valence electrons. The van der Waals surface area contributed by atoms with Crippen LogP contribution in [0, 0.1) is 24.6 Å². The first-order valence-corrected chi connectivity index (χ1v) is 12.3. The summed E-state index contributed by atoms with van der Waals surface area (Å²) in [6.45, 7) is 3.35. The fourth-order valence-corrected chi connectivity index (χ4v) is 6.04. The number of carbonyl (C=O) groups excluding carboxylic acids is 2. The van der Waals surface area contributed by atoms with E-state index in [1.807, 2.05) is 13.0 Å². The molecule has 3 aliphatic rings. The second-order valence-electron chi connectivity index (χ2n) is 9.66. The first kappa shape index (κ1) is 23.4. The molecule has 2 unspecified atom stereocenters. The number of esters is 1. The molecule has 0 saturated heterocycles. The van der Waals surface area contributed by atoms with Crippen LogP contribution in [-0.4, -0.2) is 33.1 Å². The molecule has 9 heteroatoms. The second kappa shape index (κ2) is 8.53. The number of ether oxygens (including phenoxy) is 1. The van der Waals surface area contributed by atoms with E-state index in [1.54, 1.807) is 11.5 Å². The first-order valence-electron chi connectivity index (χ1n) is 12.3. The smallest absolute Gasteiger partial charge is 0.313 e. The van der Waals surface area contributed by atoms with Crippen LogP contribution in [0.1, 0.15) is 65.1 Å². The molecule has 3 aromatic rings. The molecular formula is C28H24FN3O5. The van der Waals surface area contributed by atoms with Crippen molar-refractivity contribution in [3.05, 3.63) is 61.7 Å². The van der Waals surface area contributed by atoms with E-state index in [1.165, 1.54) is 6.07 Å². The Bertz CT molecular complexity index is 1660. The number of aliphatic hydroxyl groups is 1. The van der Waals surface area contributed by atoms with Crippen molar-refractivity contribution in [2.75, 3.05) is 6.61 Å². The molecule has 0 radical (unpaired) electrons. The summed E-state index contributed by atoms with van der Waals surface area (Å²) in [5, 5.41) is 12.7. The molecule has 0 saturated carbocycles. The van der Waals surface area contributed by atoms with E-state index >= 15 is 0 Å². The summed E-state index contributed by atoms with van der Waals surface area (Å²) in [5.41, 5.74) is 5.45.